The van der Waals surface area contributed by atoms with Crippen molar-refractivity contribution < 1.29 is 38.6 Å². The molecule has 1 saturated heterocycles. The number of urea groups is 1. The number of carboxylic acid groups (broad SMARTS) is 1. The van der Waals surface area contributed by atoms with E-state index in [2.05, 4.69) is 20.7 Å². The number of imide groups is 1. The van der Waals surface area contributed by atoms with Gasteiger partial charge in [0.15, 0.2) is 0 Å². The third kappa shape index (κ3) is 6.10. The average molecular weight is 536 g/mol. The molecule has 3 aromatic carbocycles. The highest BCUT2D eigenvalue weighted by Gasteiger charge is 2.25. The van der Waals surface area contributed by atoms with Crippen LogP contribution in [0.4, 0.5) is 15.3 Å². The summed E-state index contributed by atoms with van der Waals surface area (Å²) < 4.78 is 10.5. The van der Waals surface area contributed by atoms with E-state index in [1.165, 1.54) is 19.2 Å². The third-order valence-corrected chi connectivity index (χ3v) is 6.16. The van der Waals surface area contributed by atoms with Gasteiger partial charge in [-0.3, -0.25) is 14.9 Å². The van der Waals surface area contributed by atoms with E-state index in [1.807, 2.05) is 24.3 Å². The fourth-order valence-corrected chi connectivity index (χ4v) is 4.34. The third-order valence-electron chi connectivity index (χ3n) is 5.35. The Bertz CT molecular complexity index is 1500. The predicted molar refractivity (Wildman–Crippen MR) is 140 cm³/mol. The van der Waals surface area contributed by atoms with Crippen LogP contribution >= 0.6 is 11.8 Å². The van der Waals surface area contributed by atoms with E-state index >= 15 is 0 Å². The van der Waals surface area contributed by atoms with Crippen molar-refractivity contribution in [1.82, 2.24) is 10.6 Å². The van der Waals surface area contributed by atoms with Crippen molar-refractivity contribution in [1.29, 1.82) is 0 Å². The van der Waals surface area contributed by atoms with Crippen molar-refractivity contribution in [3.8, 4) is 5.75 Å². The van der Waals surface area contributed by atoms with E-state index in [0.717, 1.165) is 34.2 Å². The second-order valence-electron chi connectivity index (χ2n) is 7.88. The minimum absolute atomic E-state index is 0.0178. The maximum Gasteiger partial charge on any atom is 0.337 e. The van der Waals surface area contributed by atoms with Gasteiger partial charge in [-0.25, -0.2) is 14.4 Å². The molecule has 0 atom stereocenters. The number of aromatic carboxylic acids is 1. The molecule has 4 rings (SSSR count). The Balaban J connectivity index is 1.39. The van der Waals surface area contributed by atoms with Crippen molar-refractivity contribution in [2.24, 2.45) is 0 Å². The highest BCUT2D eigenvalue weighted by molar-refractivity contribution is 8.18. The lowest BCUT2D eigenvalue weighted by atomic mass is 10.0. The van der Waals surface area contributed by atoms with Crippen LogP contribution in [-0.4, -0.2) is 54.5 Å². The lowest BCUT2D eigenvalue weighted by molar-refractivity contribution is -0.115. The molecule has 4 N–H and O–H groups in total. The first kappa shape index (κ1) is 26.2. The maximum atomic E-state index is 12.3. The molecule has 0 aliphatic carbocycles. The first-order valence-corrected chi connectivity index (χ1v) is 12.0. The molecule has 38 heavy (non-hydrogen) atoms. The number of esters is 1. The van der Waals surface area contributed by atoms with Crippen molar-refractivity contribution in [3.05, 3.63) is 76.2 Å². The van der Waals surface area contributed by atoms with Crippen molar-refractivity contribution in [2.45, 2.75) is 0 Å². The summed E-state index contributed by atoms with van der Waals surface area (Å²) in [6.07, 6.45) is 1.65. The van der Waals surface area contributed by atoms with E-state index in [1.54, 1.807) is 18.2 Å². The molecule has 0 saturated carbocycles. The van der Waals surface area contributed by atoms with Gasteiger partial charge in [0.2, 0.25) is 0 Å². The number of methoxy groups -OCH3 is 1. The maximum absolute atomic E-state index is 12.3. The summed E-state index contributed by atoms with van der Waals surface area (Å²) in [6.45, 7) is 0.237. The highest BCUT2D eigenvalue weighted by Crippen LogP contribution is 2.32. The fraction of sp³-hybridized carbons (Fsp3) is 0.115. The standard InChI is InChI=1S/C26H21N3O8S/c1-36-24(33)16-10-15(23(31)32)11-17(12-16)28-25(34)27-8-9-37-20-7-6-14(18-4-2-3-5-19(18)20)13-21-22(30)29-26(35)38-21/h2-7,10-13H,8-9H2,1H3,(H,31,32)(H2,27,28,34)(H,29,30,35)/b21-13-. The minimum Gasteiger partial charge on any atom is -0.491 e. The van der Waals surface area contributed by atoms with Crippen LogP contribution in [0.1, 0.15) is 26.3 Å². The summed E-state index contributed by atoms with van der Waals surface area (Å²) in [7, 11) is 1.17. The summed E-state index contributed by atoms with van der Waals surface area (Å²) in [5.74, 6) is -1.88. The number of nitrogens with one attached hydrogen (secondary N) is 3. The Hall–Kier alpha value is -4.84. The smallest absolute Gasteiger partial charge is 0.337 e. The van der Waals surface area contributed by atoms with Gasteiger partial charge in [0.1, 0.15) is 12.4 Å². The van der Waals surface area contributed by atoms with Crippen LogP contribution < -0.4 is 20.7 Å². The summed E-state index contributed by atoms with van der Waals surface area (Å²) in [4.78, 5) is 59.1. The zero-order valence-corrected chi connectivity index (χ0v) is 20.7. The number of carbonyl (C=O) groups excluding carboxylic acids is 4. The molecule has 1 fully saturated rings. The van der Waals surface area contributed by atoms with Crippen LogP contribution in [0.25, 0.3) is 16.8 Å². The summed E-state index contributed by atoms with van der Waals surface area (Å²) in [5.41, 5.74) is 0.648. The van der Waals surface area contributed by atoms with Gasteiger partial charge < -0.3 is 25.2 Å². The number of anilines is 1. The number of carbonyl (C=O) groups is 5. The first-order chi connectivity index (χ1) is 18.2. The van der Waals surface area contributed by atoms with Crippen LogP contribution in [0.2, 0.25) is 0 Å². The Kier molecular flexibility index (Phi) is 7.92. The van der Waals surface area contributed by atoms with Crippen LogP contribution in [-0.2, 0) is 9.53 Å². The molecule has 1 heterocycles. The van der Waals surface area contributed by atoms with Gasteiger partial charge in [0.05, 0.1) is 29.7 Å². The van der Waals surface area contributed by atoms with Gasteiger partial charge in [-0.1, -0.05) is 30.3 Å². The molecule has 12 heteroatoms. The van der Waals surface area contributed by atoms with E-state index in [0.29, 0.717) is 10.7 Å². The SMILES string of the molecule is COC(=O)c1cc(NC(=O)NCCOc2ccc(/C=C3\SC(=O)NC3=O)c3ccccc23)cc(C(=O)O)c1. The monoisotopic (exact) mass is 535 g/mol. The van der Waals surface area contributed by atoms with Crippen molar-refractivity contribution in [2.75, 3.05) is 25.6 Å². The number of fused-ring (bicyclic) bond motifs is 1. The number of carboxylic acids is 1. The Labute approximate surface area is 220 Å². The lowest BCUT2D eigenvalue weighted by Gasteiger charge is -2.13. The Morgan fingerprint density at radius 3 is 2.45 bits per heavy atom. The molecule has 0 spiro atoms. The Morgan fingerprint density at radius 1 is 1.03 bits per heavy atom. The second-order valence-corrected chi connectivity index (χ2v) is 8.89. The van der Waals surface area contributed by atoms with Gasteiger partial charge in [-0.2, -0.15) is 0 Å². The largest absolute Gasteiger partial charge is 0.491 e. The molecule has 1 aliphatic rings. The molecule has 4 amide bonds. The van der Waals surface area contributed by atoms with E-state index in [4.69, 9.17) is 4.74 Å². The van der Waals surface area contributed by atoms with Crippen LogP contribution in [0, 0.1) is 0 Å². The van der Waals surface area contributed by atoms with Gasteiger partial charge in [-0.05, 0) is 53.1 Å². The molecule has 0 radical (unpaired) electrons. The minimum atomic E-state index is -1.26. The first-order valence-electron chi connectivity index (χ1n) is 11.2. The van der Waals surface area contributed by atoms with Gasteiger partial charge in [-0.15, -0.1) is 0 Å². The quantitative estimate of drug-likeness (QED) is 0.191. The highest BCUT2D eigenvalue weighted by atomic mass is 32.2. The van der Waals surface area contributed by atoms with Crippen molar-refractivity contribution >= 4 is 63.4 Å². The number of amides is 4. The van der Waals surface area contributed by atoms with E-state index in [-0.39, 0.29) is 30.0 Å². The molecule has 0 aromatic heterocycles. The van der Waals surface area contributed by atoms with Gasteiger partial charge >= 0.3 is 18.0 Å². The zero-order valence-electron chi connectivity index (χ0n) is 19.9. The normalized spacial score (nSPS) is 13.8. The van der Waals surface area contributed by atoms with E-state index < -0.39 is 29.1 Å². The van der Waals surface area contributed by atoms with Gasteiger partial charge in [0, 0.05) is 11.1 Å². The van der Waals surface area contributed by atoms with Gasteiger partial charge in [0.25, 0.3) is 11.1 Å². The lowest BCUT2D eigenvalue weighted by Crippen LogP contribution is -2.32. The molecule has 0 bridgehead atoms. The number of rotatable bonds is 8. The number of thioether (sulfide) groups is 1. The van der Waals surface area contributed by atoms with Crippen LogP contribution in [0.5, 0.6) is 5.75 Å². The zero-order chi connectivity index (χ0) is 27.2. The molecule has 11 nitrogen and oxygen atoms in total. The molecule has 1 aliphatic heterocycles. The number of benzene rings is 3. The Morgan fingerprint density at radius 2 is 1.76 bits per heavy atom. The van der Waals surface area contributed by atoms with Crippen LogP contribution in [0.3, 0.4) is 0 Å². The number of hydrogen-bond acceptors (Lipinski definition) is 8. The summed E-state index contributed by atoms with van der Waals surface area (Å²) >= 11 is 0.839. The predicted octanol–water partition coefficient (Wildman–Crippen LogP) is 3.85. The van der Waals surface area contributed by atoms with Crippen LogP contribution in [0.15, 0.2) is 59.5 Å². The number of hydrogen-bond donors (Lipinski definition) is 4. The average Bonchev–Trinajstić information content (AvgIpc) is 3.22. The second kappa shape index (κ2) is 11.5. The van der Waals surface area contributed by atoms with E-state index in [9.17, 15) is 29.1 Å². The summed E-state index contributed by atoms with van der Waals surface area (Å²) in [5, 5.41) is 17.8. The fourth-order valence-electron chi connectivity index (χ4n) is 3.67. The molecular weight excluding hydrogens is 514 g/mol. The number of ether oxygens (including phenoxy) is 2. The molecular formula is C26H21N3O8S. The topological polar surface area (TPSA) is 160 Å². The molecule has 194 valence electrons. The summed E-state index contributed by atoms with van der Waals surface area (Å²) in [6, 6.07) is 14.0. The molecule has 3 aromatic rings. The molecule has 0 unspecified atom stereocenters. The van der Waals surface area contributed by atoms with Crippen molar-refractivity contribution in [3.63, 3.8) is 0 Å².